The third-order valence-corrected chi connectivity index (χ3v) is 13.8. The number of likely N-dealkylation sites (N-methyl/N-ethyl adjacent to an activating group) is 1. The smallest absolute Gasteiger partial charge is 0.266 e. The summed E-state index contributed by atoms with van der Waals surface area (Å²) in [5.74, 6) is -0.369. The lowest BCUT2D eigenvalue weighted by atomic mass is 9.70. The number of hydrogen-bond acceptors (Lipinski definition) is 6. The van der Waals surface area contributed by atoms with Crippen LogP contribution in [0.15, 0.2) is 89.8 Å². The van der Waals surface area contributed by atoms with E-state index < -0.39 is 31.8 Å². The van der Waals surface area contributed by atoms with Crippen molar-refractivity contribution < 1.29 is 18.0 Å². The first-order valence-corrected chi connectivity index (χ1v) is 16.4. The van der Waals surface area contributed by atoms with Crippen LogP contribution in [-0.4, -0.2) is 53.5 Å². The standard InChI is InChI=1S/C29H23N3O4S3/c1-30-25-24(33)31-26-28(17-29(31,27(30)34)38-37-25,21-16-15-18-9-5-6-12-20(18)21)22-13-7-8-14-23(22)32(26)39(35,36)19-10-3-2-4-11-19/h2-14,16,25-26H,15,17H2,1H3. The maximum Gasteiger partial charge on any atom is 0.266 e. The predicted molar refractivity (Wildman–Crippen MR) is 152 cm³/mol. The number of allylic oxidation sites excluding steroid dienone is 1. The van der Waals surface area contributed by atoms with Gasteiger partial charge in [-0.25, -0.2) is 12.7 Å². The quantitative estimate of drug-likeness (QED) is 0.437. The van der Waals surface area contributed by atoms with Gasteiger partial charge in [0.2, 0.25) is 0 Å². The summed E-state index contributed by atoms with van der Waals surface area (Å²) in [4.78, 5) is 30.3. The van der Waals surface area contributed by atoms with E-state index in [9.17, 15) is 18.0 Å². The Kier molecular flexibility index (Phi) is 4.68. The highest BCUT2D eigenvalue weighted by molar-refractivity contribution is 8.78. The fourth-order valence-corrected chi connectivity index (χ4v) is 12.4. The number of carbonyl (C=O) groups is 2. The lowest BCUT2D eigenvalue weighted by Crippen LogP contribution is -2.72. The maximum atomic E-state index is 14.5. The molecule has 2 bridgehead atoms. The highest BCUT2D eigenvalue weighted by Gasteiger charge is 2.77. The molecule has 0 radical (unpaired) electrons. The number of benzene rings is 3. The zero-order chi connectivity index (χ0) is 26.7. The second-order valence-corrected chi connectivity index (χ2v) is 14.9. The summed E-state index contributed by atoms with van der Waals surface area (Å²) < 4.78 is 30.5. The van der Waals surface area contributed by atoms with E-state index in [4.69, 9.17) is 0 Å². The van der Waals surface area contributed by atoms with Crippen molar-refractivity contribution in [2.75, 3.05) is 11.4 Å². The third kappa shape index (κ3) is 2.70. The zero-order valence-electron chi connectivity index (χ0n) is 20.9. The molecule has 1 spiro atoms. The summed E-state index contributed by atoms with van der Waals surface area (Å²) in [6.45, 7) is 0. The molecule has 10 heteroatoms. The number of amides is 2. The molecule has 2 amide bonds. The molecule has 39 heavy (non-hydrogen) atoms. The summed E-state index contributed by atoms with van der Waals surface area (Å²) >= 11 is 0. The lowest BCUT2D eigenvalue weighted by Gasteiger charge is -2.53. The van der Waals surface area contributed by atoms with Crippen LogP contribution in [0.25, 0.3) is 5.57 Å². The van der Waals surface area contributed by atoms with Gasteiger partial charge in [-0.05, 0) is 46.9 Å². The van der Waals surface area contributed by atoms with Gasteiger partial charge in [0.1, 0.15) is 6.17 Å². The first-order valence-electron chi connectivity index (χ1n) is 12.8. The Morgan fingerprint density at radius 3 is 2.46 bits per heavy atom. The molecule has 0 aromatic heterocycles. The molecule has 4 atom stereocenters. The number of para-hydroxylation sites is 1. The van der Waals surface area contributed by atoms with Crippen molar-refractivity contribution in [3.8, 4) is 0 Å². The van der Waals surface area contributed by atoms with E-state index in [-0.39, 0.29) is 16.7 Å². The summed E-state index contributed by atoms with van der Waals surface area (Å²) in [6.07, 6.45) is 2.26. The van der Waals surface area contributed by atoms with Crippen molar-refractivity contribution in [1.29, 1.82) is 0 Å². The fourth-order valence-electron chi connectivity index (χ4n) is 7.22. The van der Waals surface area contributed by atoms with Gasteiger partial charge < -0.3 is 4.90 Å². The van der Waals surface area contributed by atoms with E-state index in [0.717, 1.165) is 22.3 Å². The van der Waals surface area contributed by atoms with Crippen LogP contribution < -0.4 is 4.31 Å². The van der Waals surface area contributed by atoms with Crippen LogP contribution in [0.5, 0.6) is 0 Å². The van der Waals surface area contributed by atoms with E-state index in [1.807, 2.05) is 36.4 Å². The molecule has 0 saturated carbocycles. The van der Waals surface area contributed by atoms with Gasteiger partial charge in [-0.1, -0.05) is 88.3 Å². The minimum atomic E-state index is -4.11. The average Bonchev–Trinajstić information content (AvgIpc) is 3.60. The maximum absolute atomic E-state index is 14.5. The number of fused-ring (bicyclic) bond motifs is 6. The summed E-state index contributed by atoms with van der Waals surface area (Å²) in [5.41, 5.74) is 3.66. The van der Waals surface area contributed by atoms with Gasteiger partial charge in [0.05, 0.1) is 16.0 Å². The molecule has 9 rings (SSSR count). The van der Waals surface area contributed by atoms with Crippen molar-refractivity contribution in [2.45, 2.75) is 39.6 Å². The van der Waals surface area contributed by atoms with E-state index in [1.54, 1.807) is 42.3 Å². The van der Waals surface area contributed by atoms with Crippen molar-refractivity contribution in [3.63, 3.8) is 0 Å². The van der Waals surface area contributed by atoms with Gasteiger partial charge in [-0.2, -0.15) is 0 Å². The number of piperazine rings is 1. The van der Waals surface area contributed by atoms with Crippen molar-refractivity contribution >= 4 is 54.7 Å². The number of anilines is 1. The Morgan fingerprint density at radius 2 is 1.64 bits per heavy atom. The molecule has 3 aromatic rings. The molecule has 1 aliphatic carbocycles. The zero-order valence-corrected chi connectivity index (χ0v) is 23.3. The first-order chi connectivity index (χ1) is 18.8. The fraction of sp³-hybridized carbons (Fsp3) is 0.241. The normalized spacial score (nSPS) is 30.3. The predicted octanol–water partition coefficient (Wildman–Crippen LogP) is 4.22. The van der Waals surface area contributed by atoms with Crippen LogP contribution in [0.2, 0.25) is 0 Å². The van der Waals surface area contributed by atoms with Gasteiger partial charge in [0.15, 0.2) is 10.2 Å². The topological polar surface area (TPSA) is 78.0 Å². The van der Waals surface area contributed by atoms with Gasteiger partial charge >= 0.3 is 0 Å². The Balaban J connectivity index is 1.46. The molecule has 4 saturated heterocycles. The second-order valence-electron chi connectivity index (χ2n) is 10.6. The second kappa shape index (κ2) is 7.71. The largest absolute Gasteiger partial charge is 0.322 e. The molecular weight excluding hydrogens is 551 g/mol. The summed E-state index contributed by atoms with van der Waals surface area (Å²) in [5, 5.41) is -0.699. The molecule has 3 aromatic carbocycles. The third-order valence-electron chi connectivity index (χ3n) is 8.78. The van der Waals surface area contributed by atoms with E-state index in [2.05, 4.69) is 18.2 Å². The number of hydrogen-bond donors (Lipinski definition) is 0. The van der Waals surface area contributed by atoms with Crippen molar-refractivity contribution in [2.24, 2.45) is 0 Å². The van der Waals surface area contributed by atoms with Crippen molar-refractivity contribution in [3.05, 3.63) is 102 Å². The Hall–Kier alpha value is -3.21. The van der Waals surface area contributed by atoms with E-state index in [0.29, 0.717) is 18.5 Å². The van der Waals surface area contributed by atoms with E-state index in [1.165, 1.54) is 30.8 Å². The molecule has 4 unspecified atom stereocenters. The molecular formula is C29H23N3O4S3. The SMILES string of the molecule is CN1C(=O)C23CC4(C5=CCc6ccccc65)c5ccccc5N(S(=O)(=O)c5ccccc5)C4N2C(=O)C1SS3. The molecule has 4 fully saturated rings. The molecule has 0 N–H and O–H groups in total. The number of nitrogens with zero attached hydrogens (tertiary/aromatic N) is 3. The average molecular weight is 574 g/mol. The molecule has 6 aliphatic rings. The lowest BCUT2D eigenvalue weighted by molar-refractivity contribution is -0.158. The van der Waals surface area contributed by atoms with Crippen LogP contribution in [0, 0.1) is 0 Å². The summed E-state index contributed by atoms with van der Waals surface area (Å²) in [6, 6.07) is 24.1. The van der Waals surface area contributed by atoms with Crippen molar-refractivity contribution in [1.82, 2.24) is 9.80 Å². The Morgan fingerprint density at radius 1 is 0.923 bits per heavy atom. The van der Waals surface area contributed by atoms with Crippen LogP contribution in [0.4, 0.5) is 5.69 Å². The van der Waals surface area contributed by atoms with Crippen LogP contribution in [0.3, 0.4) is 0 Å². The molecule has 5 heterocycles. The van der Waals surface area contributed by atoms with Gasteiger partial charge in [-0.3, -0.25) is 14.5 Å². The van der Waals surface area contributed by atoms with Crippen LogP contribution in [-0.2, 0) is 31.4 Å². The Labute approximate surface area is 234 Å². The first kappa shape index (κ1) is 23.7. The number of rotatable bonds is 3. The van der Waals surface area contributed by atoms with Crippen LogP contribution >= 0.6 is 21.6 Å². The highest BCUT2D eigenvalue weighted by atomic mass is 33.1. The van der Waals surface area contributed by atoms with Crippen LogP contribution in [0.1, 0.15) is 23.1 Å². The Bertz CT molecular complexity index is 1740. The summed E-state index contributed by atoms with van der Waals surface area (Å²) in [7, 11) is 0.372. The van der Waals surface area contributed by atoms with E-state index >= 15 is 0 Å². The number of sulfonamides is 1. The minimum absolute atomic E-state index is 0.147. The monoisotopic (exact) mass is 573 g/mol. The molecule has 7 nitrogen and oxygen atoms in total. The van der Waals surface area contributed by atoms with Gasteiger partial charge in [0.25, 0.3) is 21.8 Å². The molecule has 5 aliphatic heterocycles. The highest BCUT2D eigenvalue weighted by Crippen LogP contribution is 2.71. The molecule has 196 valence electrons. The number of carbonyl (C=O) groups excluding carboxylic acids is 2. The van der Waals surface area contributed by atoms with Gasteiger partial charge in [0, 0.05) is 13.5 Å². The van der Waals surface area contributed by atoms with Gasteiger partial charge in [-0.15, -0.1) is 0 Å². The minimum Gasteiger partial charge on any atom is -0.322 e.